The van der Waals surface area contributed by atoms with Crippen LogP contribution in [0.2, 0.25) is 0 Å². The maximum Gasteiger partial charge on any atom is 0.313 e. The van der Waals surface area contributed by atoms with Gasteiger partial charge >= 0.3 is 5.97 Å². The number of nitrogens with one attached hydrogen (secondary N) is 1. The Morgan fingerprint density at radius 2 is 2.19 bits per heavy atom. The van der Waals surface area contributed by atoms with Crippen LogP contribution in [0.4, 0.5) is 0 Å². The SMILES string of the molecule is CC(=O)NCCn1c(SCC(=O)O)nc2cccc(C)c21. The Morgan fingerprint density at radius 1 is 1.43 bits per heavy atom. The van der Waals surface area contributed by atoms with Gasteiger partial charge in [-0.05, 0) is 18.6 Å². The highest BCUT2D eigenvalue weighted by Crippen LogP contribution is 2.26. The first-order valence-electron chi connectivity index (χ1n) is 6.54. The van der Waals surface area contributed by atoms with Crippen LogP contribution in [-0.2, 0) is 16.1 Å². The molecule has 0 fully saturated rings. The van der Waals surface area contributed by atoms with Crippen molar-refractivity contribution in [3.8, 4) is 0 Å². The van der Waals surface area contributed by atoms with Gasteiger partial charge in [0.05, 0.1) is 16.8 Å². The summed E-state index contributed by atoms with van der Waals surface area (Å²) >= 11 is 1.19. The number of nitrogens with zero attached hydrogens (tertiary/aromatic N) is 2. The zero-order valence-corrected chi connectivity index (χ0v) is 12.7. The number of carboxylic acid groups (broad SMARTS) is 1. The van der Waals surface area contributed by atoms with Crippen molar-refractivity contribution < 1.29 is 14.7 Å². The van der Waals surface area contributed by atoms with Crippen molar-refractivity contribution in [2.75, 3.05) is 12.3 Å². The highest BCUT2D eigenvalue weighted by Gasteiger charge is 2.14. The molecule has 2 N–H and O–H groups in total. The molecule has 0 aliphatic carbocycles. The molecule has 0 radical (unpaired) electrons. The predicted molar refractivity (Wildman–Crippen MR) is 81.5 cm³/mol. The van der Waals surface area contributed by atoms with Gasteiger partial charge in [-0.3, -0.25) is 9.59 Å². The van der Waals surface area contributed by atoms with Crippen LogP contribution in [0.15, 0.2) is 23.4 Å². The second kappa shape index (κ2) is 6.62. The zero-order chi connectivity index (χ0) is 15.4. The lowest BCUT2D eigenvalue weighted by Crippen LogP contribution is -2.24. The van der Waals surface area contributed by atoms with Crippen molar-refractivity contribution in [3.63, 3.8) is 0 Å². The van der Waals surface area contributed by atoms with Crippen molar-refractivity contribution in [1.82, 2.24) is 14.9 Å². The van der Waals surface area contributed by atoms with Gasteiger partial charge in [0.2, 0.25) is 5.91 Å². The van der Waals surface area contributed by atoms with Crippen LogP contribution < -0.4 is 5.32 Å². The molecule has 0 unspecified atom stereocenters. The molecule has 0 saturated heterocycles. The third-order valence-electron chi connectivity index (χ3n) is 2.97. The van der Waals surface area contributed by atoms with E-state index in [9.17, 15) is 9.59 Å². The lowest BCUT2D eigenvalue weighted by molar-refractivity contribution is -0.133. The number of thioether (sulfide) groups is 1. The van der Waals surface area contributed by atoms with E-state index in [0.717, 1.165) is 16.6 Å². The van der Waals surface area contributed by atoms with E-state index in [4.69, 9.17) is 5.11 Å². The van der Waals surface area contributed by atoms with Crippen LogP contribution in [0.5, 0.6) is 0 Å². The van der Waals surface area contributed by atoms with Gasteiger partial charge in [-0.25, -0.2) is 4.98 Å². The van der Waals surface area contributed by atoms with Gasteiger partial charge in [0, 0.05) is 20.0 Å². The first-order valence-corrected chi connectivity index (χ1v) is 7.52. The Bertz CT molecular complexity index is 681. The fraction of sp³-hybridized carbons (Fsp3) is 0.357. The van der Waals surface area contributed by atoms with Crippen molar-refractivity contribution in [1.29, 1.82) is 0 Å². The van der Waals surface area contributed by atoms with E-state index in [2.05, 4.69) is 10.3 Å². The lowest BCUT2D eigenvalue weighted by atomic mass is 10.2. The fourth-order valence-electron chi connectivity index (χ4n) is 2.13. The van der Waals surface area contributed by atoms with E-state index in [1.807, 2.05) is 29.7 Å². The number of carbonyl (C=O) groups is 2. The number of benzene rings is 1. The number of hydrogen-bond donors (Lipinski definition) is 2. The fourth-order valence-corrected chi connectivity index (χ4v) is 2.89. The molecule has 0 aliphatic heterocycles. The van der Waals surface area contributed by atoms with Gasteiger partial charge in [-0.15, -0.1) is 0 Å². The maximum atomic E-state index is 11.0. The zero-order valence-electron chi connectivity index (χ0n) is 11.9. The number of hydrogen-bond acceptors (Lipinski definition) is 4. The monoisotopic (exact) mass is 307 g/mol. The van der Waals surface area contributed by atoms with E-state index < -0.39 is 5.97 Å². The van der Waals surface area contributed by atoms with Crippen LogP contribution >= 0.6 is 11.8 Å². The highest BCUT2D eigenvalue weighted by atomic mass is 32.2. The molecule has 2 aromatic rings. The van der Waals surface area contributed by atoms with Gasteiger partial charge in [0.25, 0.3) is 0 Å². The van der Waals surface area contributed by atoms with Crippen molar-refractivity contribution in [3.05, 3.63) is 23.8 Å². The van der Waals surface area contributed by atoms with E-state index in [1.165, 1.54) is 18.7 Å². The summed E-state index contributed by atoms with van der Waals surface area (Å²) in [5.74, 6) is -1.00. The topological polar surface area (TPSA) is 84.2 Å². The summed E-state index contributed by atoms with van der Waals surface area (Å²) < 4.78 is 1.97. The first-order chi connectivity index (χ1) is 9.99. The molecule has 1 aromatic heterocycles. The number of aliphatic carboxylic acids is 1. The molecule has 0 atom stereocenters. The molecular weight excluding hydrogens is 290 g/mol. The number of amides is 1. The molecule has 21 heavy (non-hydrogen) atoms. The standard InChI is InChI=1S/C14H17N3O3S/c1-9-4-3-5-11-13(9)17(7-6-15-10(2)18)14(16-11)21-8-12(19)20/h3-5H,6-8H2,1-2H3,(H,15,18)(H,19,20). The summed E-state index contributed by atoms with van der Waals surface area (Å²) in [6.07, 6.45) is 0. The third-order valence-corrected chi connectivity index (χ3v) is 3.93. The van der Waals surface area contributed by atoms with Crippen molar-refractivity contribution >= 4 is 34.7 Å². The van der Waals surface area contributed by atoms with Crippen LogP contribution in [0.1, 0.15) is 12.5 Å². The number of aromatic nitrogens is 2. The summed E-state index contributed by atoms with van der Waals surface area (Å²) in [5.41, 5.74) is 2.89. The second-order valence-corrected chi connectivity index (χ2v) is 5.60. The summed E-state index contributed by atoms with van der Waals surface area (Å²) in [4.78, 5) is 26.2. The van der Waals surface area contributed by atoms with Crippen LogP contribution in [0, 0.1) is 6.92 Å². The Labute approximate surface area is 126 Å². The van der Waals surface area contributed by atoms with Crippen molar-refractivity contribution in [2.45, 2.75) is 25.5 Å². The molecule has 1 heterocycles. The molecule has 0 saturated carbocycles. The first kappa shape index (κ1) is 15.4. The molecule has 7 heteroatoms. The van der Waals surface area contributed by atoms with E-state index in [-0.39, 0.29) is 11.7 Å². The lowest BCUT2D eigenvalue weighted by Gasteiger charge is -2.10. The van der Waals surface area contributed by atoms with Crippen molar-refractivity contribution in [2.24, 2.45) is 0 Å². The average molecular weight is 307 g/mol. The quantitative estimate of drug-likeness (QED) is 0.793. The largest absolute Gasteiger partial charge is 0.481 e. The molecule has 0 spiro atoms. The molecule has 1 amide bonds. The normalized spacial score (nSPS) is 10.8. The minimum absolute atomic E-state index is 0.0392. The predicted octanol–water partition coefficient (Wildman–Crippen LogP) is 1.66. The van der Waals surface area contributed by atoms with E-state index in [1.54, 1.807) is 0 Å². The minimum atomic E-state index is -0.878. The van der Waals surface area contributed by atoms with Gasteiger partial charge in [-0.1, -0.05) is 23.9 Å². The van der Waals surface area contributed by atoms with Gasteiger partial charge in [0.15, 0.2) is 5.16 Å². The number of aryl methyl sites for hydroxylation is 1. The average Bonchev–Trinajstić information content (AvgIpc) is 2.75. The van der Waals surface area contributed by atoms with Crippen LogP contribution in [0.25, 0.3) is 11.0 Å². The number of para-hydroxylation sites is 1. The van der Waals surface area contributed by atoms with Crippen LogP contribution in [-0.4, -0.2) is 38.8 Å². The van der Waals surface area contributed by atoms with E-state index >= 15 is 0 Å². The number of imidazole rings is 1. The second-order valence-electron chi connectivity index (χ2n) is 4.65. The summed E-state index contributed by atoms with van der Waals surface area (Å²) in [7, 11) is 0. The van der Waals surface area contributed by atoms with Gasteiger partial charge in [-0.2, -0.15) is 0 Å². The Balaban J connectivity index is 2.33. The van der Waals surface area contributed by atoms with E-state index in [0.29, 0.717) is 18.2 Å². The van der Waals surface area contributed by atoms with Crippen LogP contribution in [0.3, 0.4) is 0 Å². The molecule has 2 rings (SSSR count). The number of fused-ring (bicyclic) bond motifs is 1. The number of carbonyl (C=O) groups excluding carboxylic acids is 1. The Kier molecular flexibility index (Phi) is 4.85. The third kappa shape index (κ3) is 3.75. The van der Waals surface area contributed by atoms with Gasteiger partial charge < -0.3 is 15.0 Å². The highest BCUT2D eigenvalue weighted by molar-refractivity contribution is 7.99. The Hall–Kier alpha value is -2.02. The Morgan fingerprint density at radius 3 is 2.86 bits per heavy atom. The van der Waals surface area contributed by atoms with Gasteiger partial charge in [0.1, 0.15) is 0 Å². The maximum absolute atomic E-state index is 11.0. The smallest absolute Gasteiger partial charge is 0.313 e. The molecule has 0 bridgehead atoms. The minimum Gasteiger partial charge on any atom is -0.481 e. The molecule has 1 aromatic carbocycles. The molecular formula is C14H17N3O3S. The number of carboxylic acids is 1. The summed E-state index contributed by atoms with van der Waals surface area (Å²) in [5, 5.41) is 12.2. The molecule has 6 nitrogen and oxygen atoms in total. The summed E-state index contributed by atoms with van der Waals surface area (Å²) in [6.45, 7) is 4.50. The number of rotatable bonds is 6. The molecule has 112 valence electrons. The molecule has 0 aliphatic rings. The summed E-state index contributed by atoms with van der Waals surface area (Å²) in [6, 6.07) is 5.82.